The Morgan fingerprint density at radius 2 is 2.29 bits per heavy atom. The van der Waals surface area contributed by atoms with Gasteiger partial charge in [-0.25, -0.2) is 4.39 Å². The number of nitrogens with one attached hydrogen (secondary N) is 1. The van der Waals surface area contributed by atoms with E-state index in [9.17, 15) is 4.39 Å². The average molecular weight is 279 g/mol. The molecule has 0 bridgehead atoms. The molecule has 1 aromatic carbocycles. The number of halogens is 3. The molecule has 0 spiro atoms. The van der Waals surface area contributed by atoms with Crippen molar-refractivity contribution >= 4 is 27.5 Å². The van der Waals surface area contributed by atoms with Crippen LogP contribution in [0.15, 0.2) is 16.6 Å². The molecular weight excluding hydrogens is 268 g/mol. The van der Waals surface area contributed by atoms with E-state index in [2.05, 4.69) is 21.2 Å². The highest BCUT2D eigenvalue weighted by atomic mass is 79.9. The van der Waals surface area contributed by atoms with Crippen molar-refractivity contribution in [3.8, 4) is 0 Å². The standard InChI is InChI=1S/C10H10BrClFN/c11-8-2-1-7(9(12)10(8)13)6-3-4-14-5-6/h1-2,6,14H,3-5H2. The van der Waals surface area contributed by atoms with E-state index in [1.807, 2.05) is 6.07 Å². The molecule has 0 aliphatic carbocycles. The van der Waals surface area contributed by atoms with E-state index in [0.29, 0.717) is 10.4 Å². The second-order valence-electron chi connectivity index (χ2n) is 3.45. The molecule has 1 N–H and O–H groups in total. The van der Waals surface area contributed by atoms with Gasteiger partial charge in [-0.05, 0) is 46.4 Å². The van der Waals surface area contributed by atoms with Crippen LogP contribution in [-0.4, -0.2) is 13.1 Å². The molecule has 0 saturated carbocycles. The van der Waals surface area contributed by atoms with Gasteiger partial charge in [0.2, 0.25) is 0 Å². The Labute approximate surface area is 95.8 Å². The van der Waals surface area contributed by atoms with Gasteiger partial charge in [-0.15, -0.1) is 0 Å². The second kappa shape index (κ2) is 4.17. The second-order valence-corrected chi connectivity index (χ2v) is 4.69. The van der Waals surface area contributed by atoms with E-state index in [0.717, 1.165) is 25.1 Å². The van der Waals surface area contributed by atoms with Crippen LogP contribution in [0.2, 0.25) is 5.02 Å². The van der Waals surface area contributed by atoms with E-state index in [4.69, 9.17) is 11.6 Å². The molecule has 1 fully saturated rings. The normalized spacial score (nSPS) is 21.5. The Morgan fingerprint density at radius 3 is 2.93 bits per heavy atom. The molecule has 0 aromatic heterocycles. The molecule has 1 saturated heterocycles. The van der Waals surface area contributed by atoms with Gasteiger partial charge in [-0.1, -0.05) is 17.7 Å². The van der Waals surface area contributed by atoms with Crippen molar-refractivity contribution in [3.05, 3.63) is 33.0 Å². The van der Waals surface area contributed by atoms with Crippen LogP contribution in [0.1, 0.15) is 17.9 Å². The van der Waals surface area contributed by atoms with E-state index >= 15 is 0 Å². The van der Waals surface area contributed by atoms with Crippen molar-refractivity contribution in [2.45, 2.75) is 12.3 Å². The first kappa shape index (κ1) is 10.4. The van der Waals surface area contributed by atoms with Crippen LogP contribution in [0.3, 0.4) is 0 Å². The fraction of sp³-hybridized carbons (Fsp3) is 0.400. The molecule has 4 heteroatoms. The van der Waals surface area contributed by atoms with Crippen LogP contribution in [-0.2, 0) is 0 Å². The van der Waals surface area contributed by atoms with Gasteiger partial charge in [0, 0.05) is 6.54 Å². The number of benzene rings is 1. The first-order chi connectivity index (χ1) is 6.70. The first-order valence-electron chi connectivity index (χ1n) is 4.54. The third-order valence-corrected chi connectivity index (χ3v) is 3.56. The van der Waals surface area contributed by atoms with E-state index in [1.165, 1.54) is 0 Å². The molecule has 1 heterocycles. The van der Waals surface area contributed by atoms with Gasteiger partial charge in [-0.3, -0.25) is 0 Å². The molecule has 0 amide bonds. The van der Waals surface area contributed by atoms with Gasteiger partial charge in [0.15, 0.2) is 5.82 Å². The first-order valence-corrected chi connectivity index (χ1v) is 5.71. The molecule has 76 valence electrons. The van der Waals surface area contributed by atoms with Gasteiger partial charge in [0.25, 0.3) is 0 Å². The molecule has 14 heavy (non-hydrogen) atoms. The van der Waals surface area contributed by atoms with Crippen molar-refractivity contribution in [2.75, 3.05) is 13.1 Å². The van der Waals surface area contributed by atoms with Gasteiger partial charge < -0.3 is 5.32 Å². The highest BCUT2D eigenvalue weighted by Crippen LogP contribution is 2.33. The van der Waals surface area contributed by atoms with Crippen LogP contribution in [0, 0.1) is 5.82 Å². The Morgan fingerprint density at radius 1 is 1.50 bits per heavy atom. The lowest BCUT2D eigenvalue weighted by Crippen LogP contribution is -2.08. The van der Waals surface area contributed by atoms with Crippen molar-refractivity contribution < 1.29 is 4.39 Å². The minimum Gasteiger partial charge on any atom is -0.316 e. The van der Waals surface area contributed by atoms with Gasteiger partial charge >= 0.3 is 0 Å². The molecule has 1 nitrogen and oxygen atoms in total. The summed E-state index contributed by atoms with van der Waals surface area (Å²) >= 11 is 9.06. The SMILES string of the molecule is Fc1c(Br)ccc(C2CCNC2)c1Cl. The summed E-state index contributed by atoms with van der Waals surface area (Å²) in [5.41, 5.74) is 0.914. The summed E-state index contributed by atoms with van der Waals surface area (Å²) in [6, 6.07) is 3.61. The third kappa shape index (κ3) is 1.81. The summed E-state index contributed by atoms with van der Waals surface area (Å²) in [4.78, 5) is 0. The summed E-state index contributed by atoms with van der Waals surface area (Å²) in [5.74, 6) is 0.00108. The number of hydrogen-bond donors (Lipinski definition) is 1. The zero-order valence-electron chi connectivity index (χ0n) is 7.49. The lowest BCUT2D eigenvalue weighted by molar-refractivity contribution is 0.615. The zero-order valence-corrected chi connectivity index (χ0v) is 9.83. The minimum absolute atomic E-state index is 0.257. The maximum absolute atomic E-state index is 13.4. The van der Waals surface area contributed by atoms with Gasteiger partial charge in [0.1, 0.15) is 0 Å². The van der Waals surface area contributed by atoms with Crippen LogP contribution < -0.4 is 5.32 Å². The van der Waals surface area contributed by atoms with Crippen molar-refractivity contribution in [1.29, 1.82) is 0 Å². The maximum Gasteiger partial charge on any atom is 0.156 e. The van der Waals surface area contributed by atoms with Gasteiger partial charge in [-0.2, -0.15) is 0 Å². The monoisotopic (exact) mass is 277 g/mol. The molecule has 1 aliphatic rings. The van der Waals surface area contributed by atoms with Crippen LogP contribution in [0.25, 0.3) is 0 Å². The smallest absolute Gasteiger partial charge is 0.156 e. The third-order valence-electron chi connectivity index (χ3n) is 2.57. The Kier molecular flexibility index (Phi) is 3.10. The molecule has 2 rings (SSSR count). The highest BCUT2D eigenvalue weighted by Gasteiger charge is 2.21. The van der Waals surface area contributed by atoms with Crippen LogP contribution in [0.5, 0.6) is 0 Å². The quantitative estimate of drug-likeness (QED) is 0.777. The highest BCUT2D eigenvalue weighted by molar-refractivity contribution is 9.10. The summed E-state index contributed by atoms with van der Waals surface area (Å²) < 4.78 is 13.9. The summed E-state index contributed by atoms with van der Waals surface area (Å²) in [6.07, 6.45) is 1.03. The molecule has 0 radical (unpaired) electrons. The van der Waals surface area contributed by atoms with Crippen LogP contribution >= 0.6 is 27.5 Å². The fourth-order valence-electron chi connectivity index (χ4n) is 1.78. The predicted octanol–water partition coefficient (Wildman–Crippen LogP) is 3.32. The van der Waals surface area contributed by atoms with Crippen molar-refractivity contribution in [3.63, 3.8) is 0 Å². The summed E-state index contributed by atoms with van der Waals surface area (Å²) in [6.45, 7) is 1.87. The average Bonchev–Trinajstić information content (AvgIpc) is 2.67. The summed E-state index contributed by atoms with van der Waals surface area (Å²) in [5, 5.41) is 3.50. The Balaban J connectivity index is 2.38. The van der Waals surface area contributed by atoms with Crippen molar-refractivity contribution in [2.24, 2.45) is 0 Å². The molecular formula is C10H10BrClFN. The largest absolute Gasteiger partial charge is 0.316 e. The van der Waals surface area contributed by atoms with E-state index < -0.39 is 0 Å². The molecule has 1 unspecified atom stereocenters. The lowest BCUT2D eigenvalue weighted by atomic mass is 9.98. The molecule has 1 aromatic rings. The van der Waals surface area contributed by atoms with Crippen molar-refractivity contribution in [1.82, 2.24) is 5.32 Å². The van der Waals surface area contributed by atoms with E-state index in [1.54, 1.807) is 6.07 Å². The Hall–Kier alpha value is -0.120. The fourth-order valence-corrected chi connectivity index (χ4v) is 2.54. The van der Waals surface area contributed by atoms with Crippen LogP contribution in [0.4, 0.5) is 4.39 Å². The number of rotatable bonds is 1. The minimum atomic E-state index is -0.351. The maximum atomic E-state index is 13.4. The Bertz CT molecular complexity index is 350. The number of hydrogen-bond acceptors (Lipinski definition) is 1. The summed E-state index contributed by atoms with van der Waals surface area (Å²) in [7, 11) is 0. The molecule has 1 aliphatic heterocycles. The molecule has 1 atom stereocenters. The predicted molar refractivity (Wildman–Crippen MR) is 59.3 cm³/mol. The zero-order chi connectivity index (χ0) is 10.1. The van der Waals surface area contributed by atoms with Gasteiger partial charge in [0.05, 0.1) is 9.50 Å². The topological polar surface area (TPSA) is 12.0 Å². The lowest BCUT2D eigenvalue weighted by Gasteiger charge is -2.11. The van der Waals surface area contributed by atoms with E-state index in [-0.39, 0.29) is 10.8 Å².